The maximum atomic E-state index is 12.5. The number of aryl methyl sites for hydroxylation is 1. The number of amides is 1. The second-order valence-electron chi connectivity index (χ2n) is 5.54. The van der Waals surface area contributed by atoms with Crippen molar-refractivity contribution in [1.29, 1.82) is 0 Å². The van der Waals surface area contributed by atoms with Crippen molar-refractivity contribution in [3.05, 3.63) is 58.1 Å². The number of hydrogen-bond acceptors (Lipinski definition) is 5. The largest absolute Gasteiger partial charge is 0.465 e. The molecule has 0 radical (unpaired) electrons. The zero-order chi connectivity index (χ0) is 19.5. The Labute approximate surface area is 156 Å². The molecule has 9 heteroatoms. The number of halogens is 1. The van der Waals surface area contributed by atoms with Crippen LogP contribution >= 0.6 is 11.6 Å². The zero-order valence-corrected chi connectivity index (χ0v) is 15.9. The molecular weight excluding hydrogens is 380 g/mol. The Morgan fingerprint density at radius 3 is 2.27 bits per heavy atom. The number of anilines is 2. The molecule has 0 fully saturated rings. The summed E-state index contributed by atoms with van der Waals surface area (Å²) in [5, 5.41) is 2.84. The van der Waals surface area contributed by atoms with Crippen LogP contribution in [0.15, 0.2) is 36.4 Å². The van der Waals surface area contributed by atoms with E-state index in [1.165, 1.54) is 31.4 Å². The van der Waals surface area contributed by atoms with Crippen molar-refractivity contribution in [2.45, 2.75) is 6.92 Å². The molecule has 0 spiro atoms. The normalized spacial score (nSPS) is 10.9. The number of ether oxygens (including phenoxy) is 1. The lowest BCUT2D eigenvalue weighted by Crippen LogP contribution is -2.15. The number of sulfonamides is 1. The number of carbonyl (C=O) groups is 2. The third-order valence-electron chi connectivity index (χ3n) is 3.43. The van der Waals surface area contributed by atoms with Crippen molar-refractivity contribution in [3.8, 4) is 0 Å². The first-order valence-corrected chi connectivity index (χ1v) is 9.65. The average molecular weight is 397 g/mol. The highest BCUT2D eigenvalue weighted by molar-refractivity contribution is 7.92. The monoisotopic (exact) mass is 396 g/mol. The third kappa shape index (κ3) is 4.96. The molecule has 0 saturated carbocycles. The fourth-order valence-corrected chi connectivity index (χ4v) is 2.92. The molecule has 7 nitrogen and oxygen atoms in total. The van der Waals surface area contributed by atoms with E-state index in [0.29, 0.717) is 11.3 Å². The third-order valence-corrected chi connectivity index (χ3v) is 4.35. The molecule has 0 heterocycles. The lowest BCUT2D eigenvalue weighted by atomic mass is 10.1. The van der Waals surface area contributed by atoms with E-state index in [2.05, 4.69) is 14.8 Å². The van der Waals surface area contributed by atoms with Crippen LogP contribution in [0.4, 0.5) is 11.4 Å². The van der Waals surface area contributed by atoms with Gasteiger partial charge in [-0.2, -0.15) is 0 Å². The van der Waals surface area contributed by atoms with Gasteiger partial charge in [0.05, 0.1) is 35.3 Å². The van der Waals surface area contributed by atoms with Gasteiger partial charge in [-0.25, -0.2) is 13.2 Å². The van der Waals surface area contributed by atoms with Gasteiger partial charge >= 0.3 is 5.97 Å². The Morgan fingerprint density at radius 2 is 1.65 bits per heavy atom. The summed E-state index contributed by atoms with van der Waals surface area (Å²) in [5.74, 6) is -1.07. The second kappa shape index (κ2) is 7.76. The summed E-state index contributed by atoms with van der Waals surface area (Å²) in [4.78, 5) is 24.1. The predicted molar refractivity (Wildman–Crippen MR) is 100 cm³/mol. The van der Waals surface area contributed by atoms with Gasteiger partial charge in [0.1, 0.15) is 0 Å². The summed E-state index contributed by atoms with van der Waals surface area (Å²) in [6.45, 7) is 1.71. The van der Waals surface area contributed by atoms with E-state index < -0.39 is 21.9 Å². The van der Waals surface area contributed by atoms with Gasteiger partial charge in [0, 0.05) is 5.56 Å². The molecule has 26 heavy (non-hydrogen) atoms. The standard InChI is InChI=1S/C17H17ClN2O5S/c1-10-4-5-11(8-14(10)20-26(3,23)24)16(21)19-15-9-12(17(22)25-2)6-7-13(15)18/h4-9,20H,1-3H3,(H,19,21). The van der Waals surface area contributed by atoms with Crippen LogP contribution in [-0.4, -0.2) is 33.7 Å². The maximum absolute atomic E-state index is 12.5. The van der Waals surface area contributed by atoms with Crippen LogP contribution in [0, 0.1) is 6.92 Å². The quantitative estimate of drug-likeness (QED) is 0.756. The van der Waals surface area contributed by atoms with Crippen molar-refractivity contribution < 1.29 is 22.7 Å². The molecule has 0 saturated heterocycles. The summed E-state index contributed by atoms with van der Waals surface area (Å²) in [7, 11) is -2.23. The van der Waals surface area contributed by atoms with Crippen LogP contribution in [0.1, 0.15) is 26.3 Å². The smallest absolute Gasteiger partial charge is 0.337 e. The number of methoxy groups -OCH3 is 1. The molecule has 0 bridgehead atoms. The summed E-state index contributed by atoms with van der Waals surface area (Å²) in [6, 6.07) is 8.93. The fraction of sp³-hybridized carbons (Fsp3) is 0.176. The molecule has 2 aromatic rings. The number of benzene rings is 2. The van der Waals surface area contributed by atoms with E-state index >= 15 is 0 Å². The van der Waals surface area contributed by atoms with E-state index in [1.807, 2.05) is 0 Å². The number of hydrogen-bond donors (Lipinski definition) is 2. The molecule has 2 rings (SSSR count). The van der Waals surface area contributed by atoms with E-state index in [4.69, 9.17) is 11.6 Å². The number of rotatable bonds is 5. The molecular formula is C17H17ClN2O5S. The number of carbonyl (C=O) groups excluding carboxylic acids is 2. The van der Waals surface area contributed by atoms with E-state index in [1.54, 1.807) is 19.1 Å². The lowest BCUT2D eigenvalue weighted by molar-refractivity contribution is 0.0600. The molecule has 0 aliphatic carbocycles. The van der Waals surface area contributed by atoms with Gasteiger partial charge in [-0.05, 0) is 42.8 Å². The zero-order valence-electron chi connectivity index (χ0n) is 14.3. The predicted octanol–water partition coefficient (Wildman–Crippen LogP) is 3.06. The van der Waals surface area contributed by atoms with E-state index in [0.717, 1.165) is 6.26 Å². The molecule has 0 aliphatic heterocycles. The van der Waals surface area contributed by atoms with Gasteiger partial charge in [-0.3, -0.25) is 9.52 Å². The molecule has 2 N–H and O–H groups in total. The van der Waals surface area contributed by atoms with Gasteiger partial charge in [0.25, 0.3) is 5.91 Å². The summed E-state index contributed by atoms with van der Waals surface area (Å²) < 4.78 is 29.8. The first kappa shape index (κ1) is 19.7. The molecule has 0 aromatic heterocycles. The summed E-state index contributed by atoms with van der Waals surface area (Å²) in [6.07, 6.45) is 1.03. The molecule has 0 unspecified atom stereocenters. The van der Waals surface area contributed by atoms with Crippen LogP contribution in [0.2, 0.25) is 5.02 Å². The van der Waals surface area contributed by atoms with Crippen LogP contribution in [-0.2, 0) is 14.8 Å². The van der Waals surface area contributed by atoms with Crippen LogP contribution in [0.25, 0.3) is 0 Å². The van der Waals surface area contributed by atoms with Crippen LogP contribution in [0.5, 0.6) is 0 Å². The Hall–Kier alpha value is -2.58. The van der Waals surface area contributed by atoms with E-state index in [9.17, 15) is 18.0 Å². The Bertz CT molecular complexity index is 973. The molecule has 0 atom stereocenters. The summed E-state index contributed by atoms with van der Waals surface area (Å²) >= 11 is 6.06. The lowest BCUT2D eigenvalue weighted by Gasteiger charge is -2.12. The van der Waals surface area contributed by atoms with E-state index in [-0.39, 0.29) is 21.8 Å². The van der Waals surface area contributed by atoms with Crippen molar-refractivity contribution in [1.82, 2.24) is 0 Å². The highest BCUT2D eigenvalue weighted by atomic mass is 35.5. The van der Waals surface area contributed by atoms with Crippen molar-refractivity contribution in [2.75, 3.05) is 23.4 Å². The Kier molecular flexibility index (Phi) is 5.89. The van der Waals surface area contributed by atoms with Crippen molar-refractivity contribution in [3.63, 3.8) is 0 Å². The second-order valence-corrected chi connectivity index (χ2v) is 7.70. The minimum Gasteiger partial charge on any atom is -0.465 e. The highest BCUT2D eigenvalue weighted by Crippen LogP contribution is 2.25. The highest BCUT2D eigenvalue weighted by Gasteiger charge is 2.14. The van der Waals surface area contributed by atoms with Gasteiger partial charge in [-0.15, -0.1) is 0 Å². The molecule has 138 valence electrons. The minimum atomic E-state index is -3.48. The number of esters is 1. The SMILES string of the molecule is COC(=O)c1ccc(Cl)c(NC(=O)c2ccc(C)c(NS(C)(=O)=O)c2)c1. The van der Waals surface area contributed by atoms with Gasteiger partial charge in [-0.1, -0.05) is 17.7 Å². The molecule has 1 amide bonds. The van der Waals surface area contributed by atoms with Crippen molar-refractivity contribution in [2.24, 2.45) is 0 Å². The average Bonchev–Trinajstić information content (AvgIpc) is 2.56. The topological polar surface area (TPSA) is 102 Å². The van der Waals surface area contributed by atoms with Crippen LogP contribution < -0.4 is 10.0 Å². The molecule has 2 aromatic carbocycles. The van der Waals surface area contributed by atoms with Crippen molar-refractivity contribution >= 4 is 44.9 Å². The van der Waals surface area contributed by atoms with Crippen LogP contribution in [0.3, 0.4) is 0 Å². The Balaban J connectivity index is 2.31. The van der Waals surface area contributed by atoms with Gasteiger partial charge in [0.2, 0.25) is 10.0 Å². The number of nitrogens with one attached hydrogen (secondary N) is 2. The molecule has 0 aliphatic rings. The Morgan fingerprint density at radius 1 is 1.04 bits per heavy atom. The first-order valence-electron chi connectivity index (χ1n) is 7.38. The first-order chi connectivity index (χ1) is 12.1. The summed E-state index contributed by atoms with van der Waals surface area (Å²) in [5.41, 5.74) is 1.65. The minimum absolute atomic E-state index is 0.223. The van der Waals surface area contributed by atoms with Gasteiger partial charge in [0.15, 0.2) is 0 Å². The maximum Gasteiger partial charge on any atom is 0.337 e. The van der Waals surface area contributed by atoms with Gasteiger partial charge < -0.3 is 10.1 Å². The fourth-order valence-electron chi connectivity index (χ4n) is 2.13.